The average Bonchev–Trinajstić information content (AvgIpc) is 2.46. The molecule has 1 heterocycles. The van der Waals surface area contributed by atoms with Gasteiger partial charge in [-0.05, 0) is 12.1 Å². The smallest absolute Gasteiger partial charge is 0.293 e. The van der Waals surface area contributed by atoms with Crippen molar-refractivity contribution >= 4 is 17.8 Å². The van der Waals surface area contributed by atoms with Gasteiger partial charge in [-0.2, -0.15) is 5.26 Å². The van der Waals surface area contributed by atoms with E-state index in [9.17, 15) is 14.9 Å². The fraction of sp³-hybridized carbons (Fsp3) is 0.333. The number of nitrogens with zero attached hydrogens (tertiary/aromatic N) is 4. The van der Waals surface area contributed by atoms with Gasteiger partial charge in [0.15, 0.2) is 0 Å². The highest BCUT2D eigenvalue weighted by atomic mass is 16.6. The molecule has 0 saturated carbocycles. The number of hydrogen-bond acceptors (Lipinski definition) is 5. The lowest BCUT2D eigenvalue weighted by molar-refractivity contribution is -0.384. The van der Waals surface area contributed by atoms with Gasteiger partial charge in [-0.25, -0.2) is 0 Å². The summed E-state index contributed by atoms with van der Waals surface area (Å²) in [5, 5.41) is 19.8. The van der Waals surface area contributed by atoms with E-state index in [1.165, 1.54) is 6.07 Å². The van der Waals surface area contributed by atoms with Gasteiger partial charge in [0.25, 0.3) is 5.69 Å². The highest BCUT2D eigenvalue weighted by molar-refractivity contribution is 5.66. The summed E-state index contributed by atoms with van der Waals surface area (Å²) >= 11 is 0. The molecule has 98 valence electrons. The molecule has 1 amide bonds. The number of carbonyl (C=O) groups is 1. The maximum Gasteiger partial charge on any atom is 0.293 e. The molecule has 0 unspecified atom stereocenters. The van der Waals surface area contributed by atoms with Crippen LogP contribution >= 0.6 is 0 Å². The van der Waals surface area contributed by atoms with Crippen LogP contribution in [0.5, 0.6) is 0 Å². The Morgan fingerprint density at radius 2 is 2.00 bits per heavy atom. The number of amides is 1. The zero-order chi connectivity index (χ0) is 13.8. The van der Waals surface area contributed by atoms with Gasteiger partial charge in [0.2, 0.25) is 6.41 Å². The summed E-state index contributed by atoms with van der Waals surface area (Å²) in [5.41, 5.74) is 0.690. The van der Waals surface area contributed by atoms with Crippen molar-refractivity contribution in [3.8, 4) is 6.07 Å². The minimum Gasteiger partial charge on any atom is -0.362 e. The first-order valence-corrected chi connectivity index (χ1v) is 5.78. The molecule has 1 aliphatic rings. The van der Waals surface area contributed by atoms with E-state index in [2.05, 4.69) is 0 Å². The Hall–Kier alpha value is -2.62. The van der Waals surface area contributed by atoms with Crippen molar-refractivity contribution in [2.45, 2.75) is 0 Å². The molecule has 0 bridgehead atoms. The molecule has 0 spiro atoms. The maximum atomic E-state index is 11.1. The number of piperazine rings is 1. The lowest BCUT2D eigenvalue weighted by Gasteiger charge is -2.33. The molecule has 0 radical (unpaired) electrons. The van der Waals surface area contributed by atoms with Gasteiger partial charge in [0.1, 0.15) is 5.69 Å². The third kappa shape index (κ3) is 2.63. The van der Waals surface area contributed by atoms with Gasteiger partial charge in [0.05, 0.1) is 16.6 Å². The van der Waals surface area contributed by atoms with Gasteiger partial charge in [0, 0.05) is 32.2 Å². The first kappa shape index (κ1) is 12.8. The molecule has 7 nitrogen and oxygen atoms in total. The van der Waals surface area contributed by atoms with Crippen molar-refractivity contribution in [3.63, 3.8) is 0 Å². The van der Waals surface area contributed by atoms with E-state index in [-0.39, 0.29) is 11.3 Å². The third-order valence-corrected chi connectivity index (χ3v) is 3.11. The molecule has 2 rings (SSSR count). The van der Waals surface area contributed by atoms with Crippen LogP contribution < -0.4 is 4.90 Å². The molecule has 1 aliphatic heterocycles. The van der Waals surface area contributed by atoms with E-state index in [1.54, 1.807) is 17.0 Å². The second kappa shape index (κ2) is 5.35. The van der Waals surface area contributed by atoms with E-state index in [4.69, 9.17) is 5.26 Å². The van der Waals surface area contributed by atoms with Crippen LogP contribution in [-0.4, -0.2) is 42.4 Å². The molecule has 1 aromatic rings. The molecule has 1 aromatic carbocycles. The quantitative estimate of drug-likeness (QED) is 0.454. The van der Waals surface area contributed by atoms with Gasteiger partial charge in [-0.1, -0.05) is 0 Å². The number of rotatable bonds is 3. The number of benzene rings is 1. The fourth-order valence-corrected chi connectivity index (χ4v) is 2.07. The molecule has 0 aromatic heterocycles. The Morgan fingerprint density at radius 3 is 2.53 bits per heavy atom. The van der Waals surface area contributed by atoms with Crippen molar-refractivity contribution < 1.29 is 9.72 Å². The summed E-state index contributed by atoms with van der Waals surface area (Å²) in [4.78, 5) is 24.7. The summed E-state index contributed by atoms with van der Waals surface area (Å²) in [7, 11) is 0. The van der Waals surface area contributed by atoms with Crippen LogP contribution in [0.4, 0.5) is 11.4 Å². The second-order valence-corrected chi connectivity index (χ2v) is 4.20. The summed E-state index contributed by atoms with van der Waals surface area (Å²) < 4.78 is 0. The first-order valence-electron chi connectivity index (χ1n) is 5.78. The predicted molar refractivity (Wildman–Crippen MR) is 67.7 cm³/mol. The topological polar surface area (TPSA) is 90.5 Å². The predicted octanol–water partition coefficient (Wildman–Crippen LogP) is 0.745. The van der Waals surface area contributed by atoms with Crippen molar-refractivity contribution in [2.24, 2.45) is 0 Å². The van der Waals surface area contributed by atoms with Crippen LogP contribution in [0.1, 0.15) is 5.56 Å². The normalized spacial score (nSPS) is 14.9. The second-order valence-electron chi connectivity index (χ2n) is 4.20. The summed E-state index contributed by atoms with van der Waals surface area (Å²) in [5.74, 6) is 0. The molecule has 1 fully saturated rings. The zero-order valence-corrected chi connectivity index (χ0v) is 10.2. The Balaban J connectivity index is 2.27. The number of nitro groups is 1. The van der Waals surface area contributed by atoms with Crippen LogP contribution in [0.3, 0.4) is 0 Å². The Labute approximate surface area is 109 Å². The number of carbonyl (C=O) groups excluding carboxylic acids is 1. The van der Waals surface area contributed by atoms with Crippen molar-refractivity contribution in [3.05, 3.63) is 33.9 Å². The van der Waals surface area contributed by atoms with Crippen LogP contribution in [0, 0.1) is 21.4 Å². The minimum absolute atomic E-state index is 0.0707. The Bertz CT molecular complexity index is 544. The number of hydrogen-bond donors (Lipinski definition) is 0. The molecule has 0 atom stereocenters. The number of anilines is 1. The van der Waals surface area contributed by atoms with Gasteiger partial charge in [-0.3, -0.25) is 14.9 Å². The third-order valence-electron chi connectivity index (χ3n) is 3.11. The Morgan fingerprint density at radius 1 is 1.32 bits per heavy atom. The van der Waals surface area contributed by atoms with Crippen molar-refractivity contribution in [1.29, 1.82) is 5.26 Å². The SMILES string of the molecule is N#Cc1ccc(N2CCN(C=O)CC2)c([N+](=O)[O-])c1. The average molecular weight is 260 g/mol. The van der Waals surface area contributed by atoms with Crippen molar-refractivity contribution in [2.75, 3.05) is 31.1 Å². The van der Waals surface area contributed by atoms with Crippen LogP contribution in [0.25, 0.3) is 0 Å². The molecule has 19 heavy (non-hydrogen) atoms. The maximum absolute atomic E-state index is 11.1. The van der Waals surface area contributed by atoms with Crippen LogP contribution in [0.15, 0.2) is 18.2 Å². The standard InChI is InChI=1S/C12H12N4O3/c13-8-10-1-2-11(12(7-10)16(18)19)15-5-3-14(9-17)4-6-15/h1-2,7,9H,3-6H2. The monoisotopic (exact) mass is 260 g/mol. The molecule has 0 aliphatic carbocycles. The Kier molecular flexibility index (Phi) is 3.61. The van der Waals surface area contributed by atoms with Crippen LogP contribution in [0.2, 0.25) is 0 Å². The molecule has 0 N–H and O–H groups in total. The summed E-state index contributed by atoms with van der Waals surface area (Å²) in [6, 6.07) is 6.32. The van der Waals surface area contributed by atoms with E-state index >= 15 is 0 Å². The van der Waals surface area contributed by atoms with E-state index < -0.39 is 4.92 Å². The van der Waals surface area contributed by atoms with Gasteiger partial charge < -0.3 is 9.80 Å². The summed E-state index contributed by atoms with van der Waals surface area (Å²) in [6.07, 6.45) is 0.782. The lowest BCUT2D eigenvalue weighted by Crippen LogP contribution is -2.45. The van der Waals surface area contributed by atoms with E-state index in [1.807, 2.05) is 11.0 Å². The van der Waals surface area contributed by atoms with E-state index in [0.29, 0.717) is 31.9 Å². The van der Waals surface area contributed by atoms with Crippen molar-refractivity contribution in [1.82, 2.24) is 4.90 Å². The number of nitriles is 1. The van der Waals surface area contributed by atoms with Gasteiger partial charge >= 0.3 is 0 Å². The minimum atomic E-state index is -0.484. The molecule has 1 saturated heterocycles. The highest BCUT2D eigenvalue weighted by Crippen LogP contribution is 2.29. The molecular weight excluding hydrogens is 248 g/mol. The number of nitro benzene ring substituents is 1. The van der Waals surface area contributed by atoms with Crippen LogP contribution in [-0.2, 0) is 4.79 Å². The van der Waals surface area contributed by atoms with E-state index in [0.717, 1.165) is 6.41 Å². The highest BCUT2D eigenvalue weighted by Gasteiger charge is 2.23. The summed E-state index contributed by atoms with van der Waals surface area (Å²) in [6.45, 7) is 2.18. The molecule has 7 heteroatoms. The van der Waals surface area contributed by atoms with Gasteiger partial charge in [-0.15, -0.1) is 0 Å². The molecular formula is C12H12N4O3. The first-order chi connectivity index (χ1) is 9.15. The zero-order valence-electron chi connectivity index (χ0n) is 10.2. The lowest BCUT2D eigenvalue weighted by atomic mass is 10.1. The fourth-order valence-electron chi connectivity index (χ4n) is 2.07. The largest absolute Gasteiger partial charge is 0.362 e.